The molecule has 7 heteroatoms. The summed E-state index contributed by atoms with van der Waals surface area (Å²) < 4.78 is 7.70. The SMILES string of the molecule is Cc1ccc(-c2nn(-c3ccccc3)cc2/C=N\NC(=O)C(C)Oc2cccc3cccnc23)cc1. The van der Waals surface area contributed by atoms with Crippen molar-refractivity contribution in [1.82, 2.24) is 20.2 Å². The summed E-state index contributed by atoms with van der Waals surface area (Å²) in [6.07, 6.45) is 4.43. The number of fused-ring (bicyclic) bond motifs is 1. The zero-order valence-electron chi connectivity index (χ0n) is 20.0. The van der Waals surface area contributed by atoms with E-state index in [4.69, 9.17) is 9.84 Å². The largest absolute Gasteiger partial charge is 0.479 e. The molecule has 1 unspecified atom stereocenters. The average molecular weight is 476 g/mol. The summed E-state index contributed by atoms with van der Waals surface area (Å²) in [7, 11) is 0. The van der Waals surface area contributed by atoms with Crippen molar-refractivity contribution in [2.75, 3.05) is 0 Å². The second kappa shape index (κ2) is 10.2. The quantitative estimate of drug-likeness (QED) is 0.255. The third-order valence-electron chi connectivity index (χ3n) is 5.74. The minimum absolute atomic E-state index is 0.369. The number of nitrogens with one attached hydrogen (secondary N) is 1. The van der Waals surface area contributed by atoms with Crippen molar-refractivity contribution in [1.29, 1.82) is 0 Å². The smallest absolute Gasteiger partial charge is 0.280 e. The van der Waals surface area contributed by atoms with E-state index in [1.54, 1.807) is 30.1 Å². The van der Waals surface area contributed by atoms with Crippen LogP contribution in [0.5, 0.6) is 5.75 Å². The number of carbonyl (C=O) groups is 1. The molecular formula is C29H25N5O2. The highest BCUT2D eigenvalue weighted by Gasteiger charge is 2.16. The van der Waals surface area contributed by atoms with Gasteiger partial charge in [0.25, 0.3) is 5.91 Å². The zero-order valence-corrected chi connectivity index (χ0v) is 20.0. The number of hydrogen-bond acceptors (Lipinski definition) is 5. The molecule has 0 spiro atoms. The number of carbonyl (C=O) groups excluding carboxylic acids is 1. The molecule has 5 rings (SSSR count). The van der Waals surface area contributed by atoms with Crippen molar-refractivity contribution in [3.8, 4) is 22.7 Å². The molecule has 0 radical (unpaired) electrons. The van der Waals surface area contributed by atoms with Gasteiger partial charge in [-0.25, -0.2) is 10.1 Å². The van der Waals surface area contributed by atoms with Gasteiger partial charge in [-0.1, -0.05) is 66.2 Å². The van der Waals surface area contributed by atoms with Gasteiger partial charge >= 0.3 is 0 Å². The lowest BCUT2D eigenvalue weighted by molar-refractivity contribution is -0.127. The number of aromatic nitrogens is 3. The van der Waals surface area contributed by atoms with Crippen LogP contribution < -0.4 is 10.2 Å². The fourth-order valence-electron chi connectivity index (χ4n) is 3.80. The van der Waals surface area contributed by atoms with Gasteiger partial charge in [0.15, 0.2) is 6.10 Å². The van der Waals surface area contributed by atoms with Crippen LogP contribution in [0.25, 0.3) is 27.8 Å². The van der Waals surface area contributed by atoms with Crippen LogP contribution in [-0.2, 0) is 4.79 Å². The van der Waals surface area contributed by atoms with E-state index < -0.39 is 6.10 Å². The summed E-state index contributed by atoms with van der Waals surface area (Å²) in [5.41, 5.74) is 7.89. The highest BCUT2D eigenvalue weighted by molar-refractivity contribution is 5.90. The van der Waals surface area contributed by atoms with Gasteiger partial charge < -0.3 is 4.74 Å². The molecule has 36 heavy (non-hydrogen) atoms. The molecule has 1 amide bonds. The molecule has 5 aromatic rings. The van der Waals surface area contributed by atoms with Crippen molar-refractivity contribution in [2.45, 2.75) is 20.0 Å². The molecule has 2 heterocycles. The predicted molar refractivity (Wildman–Crippen MR) is 141 cm³/mol. The van der Waals surface area contributed by atoms with Gasteiger partial charge in [-0.2, -0.15) is 10.2 Å². The molecule has 0 fully saturated rings. The summed E-state index contributed by atoms with van der Waals surface area (Å²) in [5, 5.41) is 9.93. The lowest BCUT2D eigenvalue weighted by Gasteiger charge is -2.14. The maximum absolute atomic E-state index is 12.7. The molecular weight excluding hydrogens is 450 g/mol. The first-order chi connectivity index (χ1) is 17.6. The minimum atomic E-state index is -0.765. The summed E-state index contributed by atoms with van der Waals surface area (Å²) in [4.78, 5) is 17.1. The lowest BCUT2D eigenvalue weighted by Crippen LogP contribution is -2.33. The van der Waals surface area contributed by atoms with E-state index in [0.717, 1.165) is 27.9 Å². The maximum Gasteiger partial charge on any atom is 0.280 e. The van der Waals surface area contributed by atoms with Crippen molar-refractivity contribution in [2.24, 2.45) is 5.10 Å². The van der Waals surface area contributed by atoms with Crippen molar-refractivity contribution >= 4 is 23.0 Å². The van der Waals surface area contributed by atoms with Crippen molar-refractivity contribution < 1.29 is 9.53 Å². The lowest BCUT2D eigenvalue weighted by atomic mass is 10.1. The molecule has 1 N–H and O–H groups in total. The van der Waals surface area contributed by atoms with Crippen LogP contribution in [0.2, 0.25) is 0 Å². The number of hydrogen-bond donors (Lipinski definition) is 1. The summed E-state index contributed by atoms with van der Waals surface area (Å²) in [6.45, 7) is 3.72. The molecule has 178 valence electrons. The molecule has 2 aromatic heterocycles. The van der Waals surface area contributed by atoms with Gasteiger partial charge in [0, 0.05) is 28.9 Å². The molecule has 0 aliphatic carbocycles. The van der Waals surface area contributed by atoms with Crippen molar-refractivity contribution in [3.05, 3.63) is 108 Å². The van der Waals surface area contributed by atoms with E-state index in [0.29, 0.717) is 11.3 Å². The highest BCUT2D eigenvalue weighted by atomic mass is 16.5. The Bertz CT molecular complexity index is 1520. The van der Waals surface area contributed by atoms with Gasteiger partial charge in [-0.05, 0) is 38.1 Å². The number of aryl methyl sites for hydroxylation is 1. The Hall–Kier alpha value is -4.78. The summed E-state index contributed by atoms with van der Waals surface area (Å²) in [6, 6.07) is 27.4. The monoisotopic (exact) mass is 475 g/mol. The Morgan fingerprint density at radius 3 is 2.58 bits per heavy atom. The Kier molecular flexibility index (Phi) is 6.53. The van der Waals surface area contributed by atoms with Gasteiger partial charge in [-0.15, -0.1) is 0 Å². The van der Waals surface area contributed by atoms with Gasteiger partial charge in [0.1, 0.15) is 17.0 Å². The van der Waals surface area contributed by atoms with Crippen LogP contribution in [0.15, 0.2) is 102 Å². The molecule has 0 aliphatic heterocycles. The topological polar surface area (TPSA) is 81.4 Å². The Morgan fingerprint density at radius 2 is 1.78 bits per heavy atom. The molecule has 0 saturated carbocycles. The number of para-hydroxylation sites is 2. The first-order valence-electron chi connectivity index (χ1n) is 11.6. The van der Waals surface area contributed by atoms with Crippen LogP contribution >= 0.6 is 0 Å². The van der Waals surface area contributed by atoms with E-state index in [-0.39, 0.29) is 5.91 Å². The predicted octanol–water partition coefficient (Wildman–Crippen LogP) is 5.31. The Balaban J connectivity index is 1.34. The first-order valence-corrected chi connectivity index (χ1v) is 11.6. The second-order valence-electron chi connectivity index (χ2n) is 8.40. The van der Waals surface area contributed by atoms with E-state index in [9.17, 15) is 4.79 Å². The number of rotatable bonds is 7. The number of amides is 1. The molecule has 0 bridgehead atoms. The Labute approximate surface area is 209 Å². The Morgan fingerprint density at radius 1 is 1.00 bits per heavy atom. The average Bonchev–Trinajstić information content (AvgIpc) is 3.34. The number of pyridine rings is 1. The number of hydrazone groups is 1. The fourth-order valence-corrected chi connectivity index (χ4v) is 3.80. The minimum Gasteiger partial charge on any atom is -0.479 e. The number of ether oxygens (including phenoxy) is 1. The zero-order chi connectivity index (χ0) is 24.9. The molecule has 1 atom stereocenters. The van der Waals surface area contributed by atoms with Crippen LogP contribution in [-0.4, -0.2) is 33.0 Å². The van der Waals surface area contributed by atoms with E-state index in [1.807, 2.05) is 92.0 Å². The third-order valence-corrected chi connectivity index (χ3v) is 5.74. The number of benzene rings is 3. The normalized spacial score (nSPS) is 12.1. The summed E-state index contributed by atoms with van der Waals surface area (Å²) >= 11 is 0. The number of nitrogens with zero attached hydrogens (tertiary/aromatic N) is 4. The van der Waals surface area contributed by atoms with Crippen LogP contribution in [0.4, 0.5) is 0 Å². The maximum atomic E-state index is 12.7. The second-order valence-corrected chi connectivity index (χ2v) is 8.40. The molecule has 0 aliphatic rings. The van der Waals surface area contributed by atoms with Crippen molar-refractivity contribution in [3.63, 3.8) is 0 Å². The van der Waals surface area contributed by atoms with Crippen LogP contribution in [0.1, 0.15) is 18.1 Å². The van der Waals surface area contributed by atoms with E-state index in [2.05, 4.69) is 15.5 Å². The highest BCUT2D eigenvalue weighted by Crippen LogP contribution is 2.25. The molecule has 7 nitrogen and oxygen atoms in total. The first kappa shape index (κ1) is 23.0. The summed E-state index contributed by atoms with van der Waals surface area (Å²) in [5.74, 6) is 0.178. The standard InChI is InChI=1S/C29H25N5O2/c1-20-13-15-23(16-14-20)27-24(19-34(33-27)25-10-4-3-5-11-25)18-31-32-29(35)21(2)36-26-12-6-8-22-9-7-17-30-28(22)26/h3-19,21H,1-2H3,(H,32,35)/b31-18-. The molecule has 0 saturated heterocycles. The molecule has 3 aromatic carbocycles. The van der Waals surface area contributed by atoms with Gasteiger partial charge in [0.05, 0.1) is 11.9 Å². The van der Waals surface area contributed by atoms with Crippen LogP contribution in [0, 0.1) is 6.92 Å². The fraction of sp³-hybridized carbons (Fsp3) is 0.103. The van der Waals surface area contributed by atoms with Gasteiger partial charge in [-0.3, -0.25) is 9.78 Å². The van der Waals surface area contributed by atoms with E-state index >= 15 is 0 Å². The van der Waals surface area contributed by atoms with E-state index in [1.165, 1.54) is 5.56 Å². The van der Waals surface area contributed by atoms with Crippen LogP contribution in [0.3, 0.4) is 0 Å². The van der Waals surface area contributed by atoms with Gasteiger partial charge in [0.2, 0.25) is 0 Å². The third kappa shape index (κ3) is 5.00.